The molecule has 0 aliphatic rings. The third-order valence-corrected chi connectivity index (χ3v) is 7.01. The number of unbranched alkanes of at least 4 members (excludes halogenated alkanes) is 5. The molecule has 0 saturated heterocycles. The molecule has 1 aromatic heterocycles. The van der Waals surface area contributed by atoms with Crippen molar-refractivity contribution in [3.63, 3.8) is 0 Å². The summed E-state index contributed by atoms with van der Waals surface area (Å²) >= 11 is 2.76. The Hall–Kier alpha value is 0.140. The van der Waals surface area contributed by atoms with E-state index in [-0.39, 0.29) is 19.0 Å². The van der Waals surface area contributed by atoms with Gasteiger partial charge in [0.2, 0.25) is 0 Å². The molecule has 120 valence electrons. The van der Waals surface area contributed by atoms with E-state index < -0.39 is 20.9 Å². The second kappa shape index (κ2) is 10.8. The summed E-state index contributed by atoms with van der Waals surface area (Å²) in [7, 11) is 0. The Morgan fingerprint density at radius 1 is 1.00 bits per heavy atom. The fourth-order valence-electron chi connectivity index (χ4n) is 2.09. The van der Waals surface area contributed by atoms with Gasteiger partial charge in [-0.2, -0.15) is 0 Å². The van der Waals surface area contributed by atoms with Crippen LogP contribution in [-0.4, -0.2) is 41.2 Å². The second-order valence-corrected chi connectivity index (χ2v) is 8.79. The fourth-order valence-corrected chi connectivity index (χ4v) is 5.73. The van der Waals surface area contributed by atoms with Crippen molar-refractivity contribution in [1.29, 1.82) is 0 Å². The summed E-state index contributed by atoms with van der Waals surface area (Å²) in [5.41, 5.74) is 0.883. The van der Waals surface area contributed by atoms with Crippen LogP contribution in [0.4, 0.5) is 0 Å². The van der Waals surface area contributed by atoms with E-state index in [9.17, 15) is 15.3 Å². The predicted octanol–water partition coefficient (Wildman–Crippen LogP) is 2.64. The first kappa shape index (κ1) is 19.2. The van der Waals surface area contributed by atoms with E-state index in [1.165, 1.54) is 38.5 Å². The molecule has 1 rings (SSSR count). The average Bonchev–Trinajstić information content (AvgIpc) is 2.48. The van der Waals surface area contributed by atoms with E-state index in [4.69, 9.17) is 0 Å². The van der Waals surface area contributed by atoms with Crippen LogP contribution in [0.3, 0.4) is 0 Å². The van der Waals surface area contributed by atoms with E-state index in [2.05, 4.69) is 27.8 Å². The van der Waals surface area contributed by atoms with E-state index in [1.54, 1.807) is 0 Å². The number of aromatic hydroxyl groups is 1. The molecular weight excluding hydrogens is 450 g/mol. The van der Waals surface area contributed by atoms with E-state index >= 15 is 0 Å². The van der Waals surface area contributed by atoms with Gasteiger partial charge in [-0.05, 0) is 0 Å². The molecule has 1 heterocycles. The molecule has 0 unspecified atom stereocenters. The molecule has 0 radical (unpaired) electrons. The van der Waals surface area contributed by atoms with Gasteiger partial charge >= 0.3 is 146 Å². The zero-order valence-electron chi connectivity index (χ0n) is 12.4. The Kier molecular flexibility index (Phi) is 9.87. The van der Waals surface area contributed by atoms with Gasteiger partial charge in [-0.1, -0.05) is 0 Å². The van der Waals surface area contributed by atoms with Gasteiger partial charge in [0.15, 0.2) is 0 Å². The van der Waals surface area contributed by atoms with Gasteiger partial charge in [0.1, 0.15) is 0 Å². The van der Waals surface area contributed by atoms with E-state index in [0.29, 0.717) is 15.7 Å². The fraction of sp³-hybridized carbons (Fsp3) is 0.667. The van der Waals surface area contributed by atoms with Gasteiger partial charge in [0.25, 0.3) is 0 Å². The summed E-state index contributed by atoms with van der Waals surface area (Å²) in [5, 5.41) is 28.8. The molecule has 0 aliphatic heterocycles. The third kappa shape index (κ3) is 6.03. The molecule has 4 nitrogen and oxygen atoms in total. The maximum absolute atomic E-state index is 10.2. The molecule has 21 heavy (non-hydrogen) atoms. The number of halogens is 1. The molecule has 0 aromatic carbocycles. The first-order valence-electron chi connectivity index (χ1n) is 7.40. The number of nitrogens with zero attached hydrogens (tertiary/aromatic N) is 1. The molecule has 1 aromatic rings. The summed E-state index contributed by atoms with van der Waals surface area (Å²) in [6, 6.07) is 0. The SMILES string of the molecule is CCCCCCCC[Te]c1nc(Br)c(CO)c(CO)c1O. The summed E-state index contributed by atoms with van der Waals surface area (Å²) in [5.74, 6) is 0.0816. The molecule has 0 spiro atoms. The van der Waals surface area contributed by atoms with Crippen LogP contribution in [-0.2, 0) is 13.2 Å². The summed E-state index contributed by atoms with van der Waals surface area (Å²) in [6.45, 7) is 1.70. The molecule has 0 saturated carbocycles. The van der Waals surface area contributed by atoms with Crippen molar-refractivity contribution in [2.24, 2.45) is 0 Å². The number of aliphatic hydroxyl groups excluding tert-OH is 2. The van der Waals surface area contributed by atoms with Crippen LogP contribution in [0.25, 0.3) is 0 Å². The maximum atomic E-state index is 10.2. The minimum absolute atomic E-state index is 0.0816. The number of rotatable bonds is 10. The van der Waals surface area contributed by atoms with Crippen LogP contribution in [0.15, 0.2) is 4.60 Å². The molecule has 0 amide bonds. The number of aliphatic hydroxyl groups is 2. The normalized spacial score (nSPS) is 11.0. The van der Waals surface area contributed by atoms with Crippen LogP contribution in [0.2, 0.25) is 4.47 Å². The van der Waals surface area contributed by atoms with E-state index in [0.717, 1.165) is 8.21 Å². The first-order valence-corrected chi connectivity index (χ1v) is 11.0. The zero-order valence-corrected chi connectivity index (χ0v) is 16.4. The van der Waals surface area contributed by atoms with Gasteiger partial charge in [-0.3, -0.25) is 0 Å². The van der Waals surface area contributed by atoms with Crippen LogP contribution < -0.4 is 3.74 Å². The molecular formula is C15H24BrNO3Te. The van der Waals surface area contributed by atoms with Crippen molar-refractivity contribution in [3.05, 3.63) is 15.7 Å². The van der Waals surface area contributed by atoms with E-state index in [1.807, 2.05) is 0 Å². The van der Waals surface area contributed by atoms with Gasteiger partial charge in [0, 0.05) is 0 Å². The van der Waals surface area contributed by atoms with Crippen molar-refractivity contribution >= 4 is 40.6 Å². The van der Waals surface area contributed by atoms with Crippen molar-refractivity contribution in [2.75, 3.05) is 0 Å². The molecule has 3 N–H and O–H groups in total. The summed E-state index contributed by atoms with van der Waals surface area (Å²) in [4.78, 5) is 4.35. The third-order valence-electron chi connectivity index (χ3n) is 3.35. The van der Waals surface area contributed by atoms with Gasteiger partial charge < -0.3 is 0 Å². The molecule has 6 heteroatoms. The monoisotopic (exact) mass is 475 g/mol. The van der Waals surface area contributed by atoms with Crippen molar-refractivity contribution in [1.82, 2.24) is 4.98 Å². The Labute approximate surface area is 145 Å². The van der Waals surface area contributed by atoms with Gasteiger partial charge in [0.05, 0.1) is 0 Å². The topological polar surface area (TPSA) is 73.6 Å². The molecule has 0 bridgehead atoms. The number of hydrogen-bond acceptors (Lipinski definition) is 4. The van der Waals surface area contributed by atoms with Crippen molar-refractivity contribution < 1.29 is 15.3 Å². The molecule has 0 aliphatic carbocycles. The Morgan fingerprint density at radius 2 is 1.62 bits per heavy atom. The van der Waals surface area contributed by atoms with Crippen LogP contribution in [0.1, 0.15) is 56.6 Å². The Bertz CT molecular complexity index is 443. The number of pyridine rings is 1. The van der Waals surface area contributed by atoms with Crippen LogP contribution >= 0.6 is 15.9 Å². The Morgan fingerprint density at radius 3 is 2.24 bits per heavy atom. The quantitative estimate of drug-likeness (QED) is 0.277. The van der Waals surface area contributed by atoms with Crippen LogP contribution in [0, 0.1) is 0 Å². The average molecular weight is 474 g/mol. The Balaban J connectivity index is 2.54. The van der Waals surface area contributed by atoms with Gasteiger partial charge in [-0.15, -0.1) is 0 Å². The van der Waals surface area contributed by atoms with Crippen molar-refractivity contribution in [2.45, 2.75) is 63.1 Å². The van der Waals surface area contributed by atoms with Crippen LogP contribution in [0.5, 0.6) is 5.75 Å². The molecule has 0 fully saturated rings. The standard InChI is InChI=1S/C15H24BrNO3Te/c1-2-3-4-5-6-7-8-21-15-13(20)11(9-18)12(10-19)14(16)17-15/h18-20H,2-10H2,1H3. The zero-order chi connectivity index (χ0) is 15.7. The number of aromatic nitrogens is 1. The second-order valence-electron chi connectivity index (χ2n) is 4.95. The minimum atomic E-state index is -0.554. The summed E-state index contributed by atoms with van der Waals surface area (Å²) < 4.78 is 2.37. The number of hydrogen-bond donors (Lipinski definition) is 3. The predicted molar refractivity (Wildman–Crippen MR) is 89.0 cm³/mol. The first-order chi connectivity index (χ1) is 10.2. The van der Waals surface area contributed by atoms with Gasteiger partial charge in [-0.25, -0.2) is 0 Å². The summed E-state index contributed by atoms with van der Waals surface area (Å²) in [6.07, 6.45) is 7.60. The van der Waals surface area contributed by atoms with Crippen molar-refractivity contribution in [3.8, 4) is 5.75 Å². The molecule has 0 atom stereocenters.